The second-order valence-corrected chi connectivity index (χ2v) is 5.85. The fourth-order valence-electron chi connectivity index (χ4n) is 1.94. The summed E-state index contributed by atoms with van der Waals surface area (Å²) < 4.78 is 26.8. The van der Waals surface area contributed by atoms with Gasteiger partial charge in [-0.3, -0.25) is 9.48 Å². The average molecular weight is 259 g/mol. The van der Waals surface area contributed by atoms with Crippen LogP contribution >= 0.6 is 0 Å². The number of aryl methyl sites for hydroxylation is 1. The summed E-state index contributed by atoms with van der Waals surface area (Å²) in [6.45, 7) is 0.244. The van der Waals surface area contributed by atoms with Gasteiger partial charge < -0.3 is 5.11 Å². The molecular formula is C9H13N3O4S. The number of carboxylic acids is 1. The minimum atomic E-state index is -3.74. The van der Waals surface area contributed by atoms with Crippen LogP contribution in [0.2, 0.25) is 0 Å². The molecule has 1 aromatic rings. The van der Waals surface area contributed by atoms with Gasteiger partial charge in [0.15, 0.2) is 0 Å². The number of rotatable bonds is 3. The first-order valence-electron chi connectivity index (χ1n) is 5.16. The Kier molecular flexibility index (Phi) is 2.92. The molecule has 8 heteroatoms. The number of sulfonamides is 1. The Morgan fingerprint density at radius 1 is 1.59 bits per heavy atom. The highest BCUT2D eigenvalue weighted by atomic mass is 32.2. The molecule has 1 atom stereocenters. The normalized spacial score (nSPS) is 21.8. The molecule has 1 fully saturated rings. The van der Waals surface area contributed by atoms with Crippen molar-refractivity contribution in [1.29, 1.82) is 0 Å². The molecule has 0 aliphatic carbocycles. The predicted molar refractivity (Wildman–Crippen MR) is 57.8 cm³/mol. The highest BCUT2D eigenvalue weighted by Gasteiger charge is 2.39. The van der Waals surface area contributed by atoms with Crippen LogP contribution in [0, 0.1) is 0 Å². The van der Waals surface area contributed by atoms with E-state index in [-0.39, 0.29) is 11.4 Å². The summed E-state index contributed by atoms with van der Waals surface area (Å²) >= 11 is 0. The third kappa shape index (κ3) is 2.05. The molecule has 2 heterocycles. The molecule has 94 valence electrons. The van der Waals surface area contributed by atoms with E-state index in [1.54, 1.807) is 7.05 Å². The van der Waals surface area contributed by atoms with Crippen LogP contribution in [-0.2, 0) is 21.9 Å². The van der Waals surface area contributed by atoms with Crippen molar-refractivity contribution < 1.29 is 18.3 Å². The van der Waals surface area contributed by atoms with Crippen LogP contribution in [0.25, 0.3) is 0 Å². The first-order valence-corrected chi connectivity index (χ1v) is 6.60. The van der Waals surface area contributed by atoms with Crippen molar-refractivity contribution >= 4 is 16.0 Å². The van der Waals surface area contributed by atoms with Crippen LogP contribution in [0.5, 0.6) is 0 Å². The Morgan fingerprint density at radius 3 is 2.82 bits per heavy atom. The lowest BCUT2D eigenvalue weighted by Crippen LogP contribution is -2.40. The van der Waals surface area contributed by atoms with Crippen molar-refractivity contribution in [3.63, 3.8) is 0 Å². The number of carbonyl (C=O) groups is 1. The molecule has 1 unspecified atom stereocenters. The van der Waals surface area contributed by atoms with Crippen LogP contribution in [0.1, 0.15) is 12.8 Å². The summed E-state index contributed by atoms with van der Waals surface area (Å²) in [6.07, 6.45) is 3.52. The van der Waals surface area contributed by atoms with E-state index in [1.165, 1.54) is 17.1 Å². The van der Waals surface area contributed by atoms with Crippen molar-refractivity contribution in [3.8, 4) is 0 Å². The first kappa shape index (κ1) is 12.1. The van der Waals surface area contributed by atoms with Crippen molar-refractivity contribution in [2.75, 3.05) is 6.54 Å². The molecule has 0 aromatic carbocycles. The zero-order valence-electron chi connectivity index (χ0n) is 9.28. The molecule has 0 radical (unpaired) electrons. The minimum absolute atomic E-state index is 0.0353. The monoisotopic (exact) mass is 259 g/mol. The highest BCUT2D eigenvalue weighted by molar-refractivity contribution is 7.89. The van der Waals surface area contributed by atoms with Gasteiger partial charge in [-0.15, -0.1) is 0 Å². The lowest BCUT2D eigenvalue weighted by molar-refractivity contribution is -0.140. The molecule has 1 saturated heterocycles. The van der Waals surface area contributed by atoms with Crippen LogP contribution in [0.4, 0.5) is 0 Å². The van der Waals surface area contributed by atoms with Gasteiger partial charge in [0.25, 0.3) is 0 Å². The third-order valence-electron chi connectivity index (χ3n) is 2.78. The van der Waals surface area contributed by atoms with Gasteiger partial charge in [-0.25, -0.2) is 8.42 Å². The molecule has 1 aliphatic heterocycles. The molecule has 17 heavy (non-hydrogen) atoms. The smallest absolute Gasteiger partial charge is 0.322 e. The topological polar surface area (TPSA) is 92.5 Å². The Bertz CT molecular complexity index is 536. The highest BCUT2D eigenvalue weighted by Crippen LogP contribution is 2.25. The van der Waals surface area contributed by atoms with E-state index in [4.69, 9.17) is 5.11 Å². The quantitative estimate of drug-likeness (QED) is 0.801. The summed E-state index contributed by atoms with van der Waals surface area (Å²) in [5, 5.41) is 12.8. The number of nitrogens with zero attached hydrogens (tertiary/aromatic N) is 3. The van der Waals surface area contributed by atoms with E-state index >= 15 is 0 Å². The fourth-order valence-corrected chi connectivity index (χ4v) is 3.58. The van der Waals surface area contributed by atoms with Crippen LogP contribution in [0.15, 0.2) is 17.3 Å². The maximum Gasteiger partial charge on any atom is 0.322 e. The van der Waals surface area contributed by atoms with E-state index in [0.717, 1.165) is 4.31 Å². The zero-order chi connectivity index (χ0) is 12.6. The molecule has 0 bridgehead atoms. The maximum absolute atomic E-state index is 12.2. The number of aliphatic carboxylic acids is 1. The van der Waals surface area contributed by atoms with Crippen LogP contribution in [0.3, 0.4) is 0 Å². The zero-order valence-corrected chi connectivity index (χ0v) is 10.1. The van der Waals surface area contributed by atoms with E-state index in [0.29, 0.717) is 12.8 Å². The molecular weight excluding hydrogens is 246 g/mol. The summed E-state index contributed by atoms with van der Waals surface area (Å²) in [4.78, 5) is 11.0. The molecule has 0 spiro atoms. The number of hydrogen-bond donors (Lipinski definition) is 1. The number of carboxylic acid groups (broad SMARTS) is 1. The largest absolute Gasteiger partial charge is 0.480 e. The van der Waals surface area contributed by atoms with Gasteiger partial charge in [-0.1, -0.05) is 0 Å². The Balaban J connectivity index is 2.36. The second-order valence-electron chi connectivity index (χ2n) is 3.96. The van der Waals surface area contributed by atoms with Crippen molar-refractivity contribution in [1.82, 2.24) is 14.1 Å². The molecule has 1 N–H and O–H groups in total. The molecule has 7 nitrogen and oxygen atoms in total. The van der Waals surface area contributed by atoms with E-state index in [9.17, 15) is 13.2 Å². The molecule has 0 saturated carbocycles. The Hall–Kier alpha value is -1.41. The van der Waals surface area contributed by atoms with Crippen molar-refractivity contribution in [3.05, 3.63) is 12.4 Å². The third-order valence-corrected chi connectivity index (χ3v) is 4.64. The number of hydrogen-bond acceptors (Lipinski definition) is 4. The van der Waals surface area contributed by atoms with Gasteiger partial charge in [0, 0.05) is 19.8 Å². The lowest BCUT2D eigenvalue weighted by atomic mass is 10.2. The Labute approximate surface area is 98.7 Å². The van der Waals surface area contributed by atoms with Crippen molar-refractivity contribution in [2.45, 2.75) is 23.8 Å². The van der Waals surface area contributed by atoms with Crippen LogP contribution in [-0.4, -0.2) is 46.2 Å². The van der Waals surface area contributed by atoms with Gasteiger partial charge in [-0.05, 0) is 12.8 Å². The molecule has 2 rings (SSSR count). The SMILES string of the molecule is Cn1cc(S(=O)(=O)N2CCCC2C(=O)O)cn1. The molecule has 1 aromatic heterocycles. The summed E-state index contributed by atoms with van der Waals surface area (Å²) in [5.41, 5.74) is 0. The minimum Gasteiger partial charge on any atom is -0.480 e. The van der Waals surface area contributed by atoms with E-state index < -0.39 is 22.0 Å². The summed E-state index contributed by atoms with van der Waals surface area (Å²) in [7, 11) is -2.13. The first-order chi connectivity index (χ1) is 7.93. The standard InChI is InChI=1S/C9H13N3O4S/c1-11-6-7(5-10-11)17(15,16)12-4-2-3-8(12)9(13)14/h5-6,8H,2-4H2,1H3,(H,13,14). The predicted octanol–water partition coefficient (Wildman–Crippen LogP) is -0.342. The fraction of sp³-hybridized carbons (Fsp3) is 0.556. The van der Waals surface area contributed by atoms with E-state index in [2.05, 4.69) is 5.10 Å². The van der Waals surface area contributed by atoms with Gasteiger partial charge in [0.05, 0.1) is 6.20 Å². The Morgan fingerprint density at radius 2 is 2.29 bits per heavy atom. The second kappa shape index (κ2) is 4.11. The number of aromatic nitrogens is 2. The molecule has 1 aliphatic rings. The van der Waals surface area contributed by atoms with E-state index in [1.807, 2.05) is 0 Å². The average Bonchev–Trinajstić information content (AvgIpc) is 2.84. The van der Waals surface area contributed by atoms with Crippen LogP contribution < -0.4 is 0 Å². The maximum atomic E-state index is 12.2. The van der Waals surface area contributed by atoms with Gasteiger partial charge >= 0.3 is 5.97 Å². The summed E-state index contributed by atoms with van der Waals surface area (Å²) in [6, 6.07) is -0.958. The van der Waals surface area contributed by atoms with Crippen molar-refractivity contribution in [2.24, 2.45) is 7.05 Å². The summed E-state index contributed by atoms with van der Waals surface area (Å²) in [5.74, 6) is -1.10. The molecule has 0 amide bonds. The van der Waals surface area contributed by atoms with Gasteiger partial charge in [0.2, 0.25) is 10.0 Å². The van der Waals surface area contributed by atoms with Gasteiger partial charge in [-0.2, -0.15) is 9.40 Å². The van der Waals surface area contributed by atoms with Gasteiger partial charge in [0.1, 0.15) is 10.9 Å². The lowest BCUT2D eigenvalue weighted by Gasteiger charge is -2.19.